The highest BCUT2D eigenvalue weighted by Crippen LogP contribution is 2.31. The minimum atomic E-state index is -0.844. The first-order valence-electron chi connectivity index (χ1n) is 5.11. The fraction of sp³-hybridized carbons (Fsp3) is 0.417. The van der Waals surface area contributed by atoms with E-state index in [1.165, 1.54) is 7.11 Å². The number of carbonyl (C=O) groups is 1. The maximum absolute atomic E-state index is 11.4. The minimum Gasteiger partial charge on any atom is -0.496 e. The van der Waals surface area contributed by atoms with Gasteiger partial charge in [-0.2, -0.15) is 0 Å². The highest BCUT2D eigenvalue weighted by Gasteiger charge is 2.19. The molecule has 1 rings (SSSR count). The lowest BCUT2D eigenvalue weighted by atomic mass is 10.0. The van der Waals surface area contributed by atoms with E-state index in [0.717, 1.165) is 5.56 Å². The van der Waals surface area contributed by atoms with Crippen molar-refractivity contribution in [1.82, 2.24) is 0 Å². The zero-order valence-corrected chi connectivity index (χ0v) is 10.4. The number of rotatable bonds is 4. The van der Waals surface area contributed by atoms with Gasteiger partial charge in [0.1, 0.15) is 17.5 Å². The average molecular weight is 239 g/mol. The lowest BCUT2D eigenvalue weighted by Gasteiger charge is -2.15. The number of esters is 1. The molecule has 5 heteroatoms. The van der Waals surface area contributed by atoms with Crippen LogP contribution in [0.5, 0.6) is 11.5 Å². The molecular formula is C12H17NO4. The summed E-state index contributed by atoms with van der Waals surface area (Å²) in [5, 5.41) is 0. The largest absolute Gasteiger partial charge is 0.496 e. The van der Waals surface area contributed by atoms with E-state index in [0.29, 0.717) is 17.1 Å². The molecule has 0 bridgehead atoms. The first kappa shape index (κ1) is 13.3. The Morgan fingerprint density at radius 1 is 1.18 bits per heavy atom. The van der Waals surface area contributed by atoms with E-state index in [9.17, 15) is 4.79 Å². The van der Waals surface area contributed by atoms with Gasteiger partial charge in [-0.05, 0) is 24.6 Å². The molecule has 2 N–H and O–H groups in total. The van der Waals surface area contributed by atoms with Crippen LogP contribution in [0.2, 0.25) is 0 Å². The topological polar surface area (TPSA) is 70.8 Å². The highest BCUT2D eigenvalue weighted by atomic mass is 16.5. The molecule has 0 fully saturated rings. The van der Waals surface area contributed by atoms with E-state index in [2.05, 4.69) is 4.74 Å². The molecule has 0 aromatic heterocycles. The van der Waals surface area contributed by atoms with E-state index in [1.54, 1.807) is 26.4 Å². The summed E-state index contributed by atoms with van der Waals surface area (Å²) in [6.45, 7) is 1.87. The van der Waals surface area contributed by atoms with Crippen LogP contribution < -0.4 is 15.2 Å². The van der Waals surface area contributed by atoms with Crippen LogP contribution in [0.15, 0.2) is 12.1 Å². The Morgan fingerprint density at radius 3 is 2.00 bits per heavy atom. The lowest BCUT2D eigenvalue weighted by Crippen LogP contribution is -2.22. The van der Waals surface area contributed by atoms with Gasteiger partial charge >= 0.3 is 5.97 Å². The fourth-order valence-electron chi connectivity index (χ4n) is 1.55. The molecule has 0 radical (unpaired) electrons. The Bertz CT molecular complexity index is 392. The van der Waals surface area contributed by atoms with Gasteiger partial charge in [-0.1, -0.05) is 0 Å². The Labute approximate surface area is 100 Å². The summed E-state index contributed by atoms with van der Waals surface area (Å²) < 4.78 is 15.0. The van der Waals surface area contributed by atoms with Crippen LogP contribution in [0.25, 0.3) is 0 Å². The van der Waals surface area contributed by atoms with Gasteiger partial charge in [0.2, 0.25) is 0 Å². The van der Waals surface area contributed by atoms with Crippen molar-refractivity contribution in [2.75, 3.05) is 21.3 Å². The van der Waals surface area contributed by atoms with Crippen LogP contribution in [0.4, 0.5) is 0 Å². The molecule has 1 aromatic rings. The summed E-state index contributed by atoms with van der Waals surface area (Å²) in [6, 6.07) is 2.57. The molecular weight excluding hydrogens is 222 g/mol. The van der Waals surface area contributed by atoms with E-state index in [1.807, 2.05) is 6.92 Å². The normalized spacial score (nSPS) is 11.8. The van der Waals surface area contributed by atoms with Gasteiger partial charge < -0.3 is 19.9 Å². The molecule has 1 atom stereocenters. The third-order valence-electron chi connectivity index (χ3n) is 2.59. The predicted molar refractivity (Wildman–Crippen MR) is 63.2 cm³/mol. The van der Waals surface area contributed by atoms with E-state index in [4.69, 9.17) is 15.2 Å². The van der Waals surface area contributed by atoms with Crippen molar-refractivity contribution < 1.29 is 19.0 Å². The summed E-state index contributed by atoms with van der Waals surface area (Å²) >= 11 is 0. The first-order chi connectivity index (χ1) is 8.04. The van der Waals surface area contributed by atoms with Gasteiger partial charge in [0, 0.05) is 5.56 Å². The third-order valence-corrected chi connectivity index (χ3v) is 2.59. The summed E-state index contributed by atoms with van der Waals surface area (Å²) in [5.74, 6) is 0.746. The molecule has 0 aliphatic rings. The van der Waals surface area contributed by atoms with Crippen molar-refractivity contribution in [3.05, 3.63) is 23.3 Å². The second-order valence-electron chi connectivity index (χ2n) is 3.55. The maximum Gasteiger partial charge on any atom is 0.327 e. The van der Waals surface area contributed by atoms with Gasteiger partial charge in [-0.25, -0.2) is 0 Å². The molecule has 0 heterocycles. The molecule has 94 valence electrons. The zero-order valence-electron chi connectivity index (χ0n) is 10.4. The minimum absolute atomic E-state index is 0.502. The Hall–Kier alpha value is -1.75. The fourth-order valence-corrected chi connectivity index (χ4v) is 1.55. The number of hydrogen-bond donors (Lipinski definition) is 1. The van der Waals surface area contributed by atoms with Crippen molar-refractivity contribution in [2.24, 2.45) is 5.73 Å². The summed E-state index contributed by atoms with van der Waals surface area (Å²) in [5.41, 5.74) is 7.21. The van der Waals surface area contributed by atoms with Gasteiger partial charge in [0.25, 0.3) is 0 Å². The van der Waals surface area contributed by atoms with E-state index < -0.39 is 12.0 Å². The predicted octanol–water partition coefficient (Wildman–Crippen LogP) is 1.19. The maximum atomic E-state index is 11.4. The molecule has 0 aliphatic carbocycles. The van der Waals surface area contributed by atoms with Crippen LogP contribution in [0, 0.1) is 6.92 Å². The van der Waals surface area contributed by atoms with Gasteiger partial charge in [-0.15, -0.1) is 0 Å². The Morgan fingerprint density at radius 2 is 1.65 bits per heavy atom. The third kappa shape index (κ3) is 2.68. The smallest absolute Gasteiger partial charge is 0.327 e. The lowest BCUT2D eigenvalue weighted by molar-refractivity contribution is -0.142. The highest BCUT2D eigenvalue weighted by molar-refractivity contribution is 5.77. The molecule has 1 unspecified atom stereocenters. The van der Waals surface area contributed by atoms with Crippen LogP contribution >= 0.6 is 0 Å². The van der Waals surface area contributed by atoms with Crippen LogP contribution in [0.3, 0.4) is 0 Å². The second kappa shape index (κ2) is 5.54. The van der Waals surface area contributed by atoms with Crippen molar-refractivity contribution in [1.29, 1.82) is 0 Å². The molecule has 1 aromatic carbocycles. The first-order valence-corrected chi connectivity index (χ1v) is 5.11. The van der Waals surface area contributed by atoms with Gasteiger partial charge in [0.05, 0.1) is 21.3 Å². The van der Waals surface area contributed by atoms with E-state index in [-0.39, 0.29) is 0 Å². The van der Waals surface area contributed by atoms with Crippen LogP contribution in [0.1, 0.15) is 17.2 Å². The van der Waals surface area contributed by atoms with Crippen molar-refractivity contribution in [2.45, 2.75) is 13.0 Å². The van der Waals surface area contributed by atoms with Crippen molar-refractivity contribution in [3.8, 4) is 11.5 Å². The number of carbonyl (C=O) groups excluding carboxylic acids is 1. The second-order valence-corrected chi connectivity index (χ2v) is 3.55. The molecule has 5 nitrogen and oxygen atoms in total. The van der Waals surface area contributed by atoms with Crippen LogP contribution in [-0.2, 0) is 9.53 Å². The van der Waals surface area contributed by atoms with Gasteiger partial charge in [0.15, 0.2) is 0 Å². The molecule has 0 spiro atoms. The van der Waals surface area contributed by atoms with Gasteiger partial charge in [-0.3, -0.25) is 4.79 Å². The molecule has 0 amide bonds. The van der Waals surface area contributed by atoms with Crippen LogP contribution in [-0.4, -0.2) is 27.3 Å². The standard InChI is InChI=1S/C12H17NO4/c1-7-9(15-2)5-8(6-10(7)16-3)11(13)12(14)17-4/h5-6,11H,13H2,1-4H3. The number of ether oxygens (including phenoxy) is 3. The average Bonchev–Trinajstić information content (AvgIpc) is 2.37. The monoisotopic (exact) mass is 239 g/mol. The number of methoxy groups -OCH3 is 3. The zero-order chi connectivity index (χ0) is 13.0. The van der Waals surface area contributed by atoms with Crippen molar-refractivity contribution in [3.63, 3.8) is 0 Å². The summed E-state index contributed by atoms with van der Waals surface area (Å²) in [4.78, 5) is 11.4. The van der Waals surface area contributed by atoms with Crippen molar-refractivity contribution >= 4 is 5.97 Å². The number of hydrogen-bond acceptors (Lipinski definition) is 5. The number of benzene rings is 1. The Balaban J connectivity index is 3.21. The SMILES string of the molecule is COC(=O)C(N)c1cc(OC)c(C)c(OC)c1. The Kier molecular flexibility index (Phi) is 4.34. The molecule has 0 saturated carbocycles. The molecule has 0 saturated heterocycles. The molecule has 17 heavy (non-hydrogen) atoms. The van der Waals surface area contributed by atoms with E-state index >= 15 is 0 Å². The summed E-state index contributed by atoms with van der Waals surface area (Å²) in [7, 11) is 4.40. The number of nitrogens with two attached hydrogens (primary N) is 1. The molecule has 0 aliphatic heterocycles. The summed E-state index contributed by atoms with van der Waals surface area (Å²) in [6.07, 6.45) is 0. The quantitative estimate of drug-likeness (QED) is 0.799.